The minimum absolute atomic E-state index is 0.0845. The third-order valence-electron chi connectivity index (χ3n) is 3.73. The highest BCUT2D eigenvalue weighted by molar-refractivity contribution is 5.98. The van der Waals surface area contributed by atoms with Gasteiger partial charge in [-0.1, -0.05) is 0 Å². The Labute approximate surface area is 129 Å². The number of alkyl halides is 3. The number of carbonyl (C=O) groups is 2. The summed E-state index contributed by atoms with van der Waals surface area (Å²) in [5, 5.41) is 11.8. The fourth-order valence-electron chi connectivity index (χ4n) is 2.36. The molecular weight excluding hydrogens is 317 g/mol. The summed E-state index contributed by atoms with van der Waals surface area (Å²) in [6.45, 7) is 1.62. The van der Waals surface area contributed by atoms with Crippen LogP contribution in [0.1, 0.15) is 34.6 Å². The first-order valence-corrected chi connectivity index (χ1v) is 6.84. The molecule has 1 aliphatic heterocycles. The van der Waals surface area contributed by atoms with Crippen molar-refractivity contribution in [3.8, 4) is 0 Å². The summed E-state index contributed by atoms with van der Waals surface area (Å²) in [4.78, 5) is 27.1. The summed E-state index contributed by atoms with van der Waals surface area (Å²) in [5.74, 6) is -1.97. The van der Waals surface area contributed by atoms with Crippen molar-refractivity contribution in [2.75, 3.05) is 13.2 Å². The highest BCUT2D eigenvalue weighted by Gasteiger charge is 2.42. The van der Waals surface area contributed by atoms with Gasteiger partial charge in [0.25, 0.3) is 5.91 Å². The van der Waals surface area contributed by atoms with Crippen molar-refractivity contribution in [2.45, 2.75) is 31.5 Å². The maximum absolute atomic E-state index is 12.6. The molecule has 6 nitrogen and oxygen atoms in total. The van der Waals surface area contributed by atoms with Crippen molar-refractivity contribution in [1.82, 2.24) is 10.3 Å². The third kappa shape index (κ3) is 3.61. The Morgan fingerprint density at radius 2 is 1.91 bits per heavy atom. The van der Waals surface area contributed by atoms with Crippen LogP contribution >= 0.6 is 0 Å². The van der Waals surface area contributed by atoms with E-state index in [2.05, 4.69) is 10.3 Å². The smallest absolute Gasteiger partial charge is 0.433 e. The second kappa shape index (κ2) is 6.15. The van der Waals surface area contributed by atoms with Crippen LogP contribution in [0.4, 0.5) is 13.2 Å². The molecule has 1 saturated heterocycles. The van der Waals surface area contributed by atoms with Gasteiger partial charge in [-0.2, -0.15) is 13.2 Å². The van der Waals surface area contributed by atoms with Gasteiger partial charge in [-0.15, -0.1) is 0 Å². The molecule has 0 unspecified atom stereocenters. The number of aryl methyl sites for hydroxylation is 1. The zero-order valence-corrected chi connectivity index (χ0v) is 12.2. The minimum atomic E-state index is -4.61. The molecule has 0 spiro atoms. The number of carboxylic acid groups (broad SMARTS) is 1. The quantitative estimate of drug-likeness (QED) is 0.881. The summed E-state index contributed by atoms with van der Waals surface area (Å²) in [7, 11) is 0. The van der Waals surface area contributed by atoms with Crippen LogP contribution in [0.25, 0.3) is 0 Å². The van der Waals surface area contributed by atoms with E-state index in [-0.39, 0.29) is 37.3 Å². The molecule has 0 aromatic carbocycles. The molecule has 1 aliphatic rings. The van der Waals surface area contributed by atoms with E-state index in [0.29, 0.717) is 6.07 Å². The number of carboxylic acids is 1. The van der Waals surface area contributed by atoms with E-state index in [1.54, 1.807) is 0 Å². The molecule has 1 aromatic heterocycles. The number of amides is 1. The second-order valence-electron chi connectivity index (χ2n) is 5.28. The van der Waals surface area contributed by atoms with E-state index in [4.69, 9.17) is 4.74 Å². The van der Waals surface area contributed by atoms with Crippen molar-refractivity contribution in [2.24, 2.45) is 0 Å². The van der Waals surface area contributed by atoms with Crippen LogP contribution in [-0.4, -0.2) is 40.7 Å². The van der Waals surface area contributed by atoms with E-state index in [9.17, 15) is 27.9 Å². The number of aromatic nitrogens is 1. The summed E-state index contributed by atoms with van der Waals surface area (Å²) in [6, 6.07) is 1.69. The number of rotatable bonds is 3. The van der Waals surface area contributed by atoms with Gasteiger partial charge in [0.1, 0.15) is 11.2 Å². The fourth-order valence-corrected chi connectivity index (χ4v) is 2.36. The monoisotopic (exact) mass is 332 g/mol. The number of pyridine rings is 1. The molecule has 0 radical (unpaired) electrons. The fraction of sp³-hybridized carbons (Fsp3) is 0.500. The number of halogens is 3. The van der Waals surface area contributed by atoms with Crippen LogP contribution in [0.5, 0.6) is 0 Å². The first kappa shape index (κ1) is 17.2. The van der Waals surface area contributed by atoms with Crippen LogP contribution in [0.2, 0.25) is 0 Å². The Morgan fingerprint density at radius 1 is 1.30 bits per heavy atom. The molecule has 0 atom stereocenters. The lowest BCUT2D eigenvalue weighted by Crippen LogP contribution is -2.57. The van der Waals surface area contributed by atoms with E-state index >= 15 is 0 Å². The number of nitrogens with zero attached hydrogens (tertiary/aromatic N) is 1. The van der Waals surface area contributed by atoms with Gasteiger partial charge in [0.2, 0.25) is 0 Å². The minimum Gasteiger partial charge on any atom is -0.480 e. The molecule has 23 heavy (non-hydrogen) atoms. The van der Waals surface area contributed by atoms with Crippen LogP contribution in [0, 0.1) is 6.92 Å². The maximum atomic E-state index is 12.6. The predicted molar refractivity (Wildman–Crippen MR) is 71.9 cm³/mol. The van der Waals surface area contributed by atoms with Gasteiger partial charge in [0.15, 0.2) is 0 Å². The number of hydrogen-bond donors (Lipinski definition) is 2. The highest BCUT2D eigenvalue weighted by Crippen LogP contribution is 2.28. The first-order valence-electron chi connectivity index (χ1n) is 6.84. The average molecular weight is 332 g/mol. The molecule has 9 heteroatoms. The van der Waals surface area contributed by atoms with Crippen molar-refractivity contribution >= 4 is 11.9 Å². The number of ether oxygens (including phenoxy) is 1. The largest absolute Gasteiger partial charge is 0.480 e. The molecule has 1 amide bonds. The average Bonchev–Trinajstić information content (AvgIpc) is 2.46. The lowest BCUT2D eigenvalue weighted by Gasteiger charge is -2.34. The molecule has 0 saturated carbocycles. The maximum Gasteiger partial charge on any atom is 0.433 e. The van der Waals surface area contributed by atoms with Gasteiger partial charge in [-0.25, -0.2) is 9.78 Å². The zero-order valence-electron chi connectivity index (χ0n) is 12.2. The second-order valence-corrected chi connectivity index (χ2v) is 5.28. The predicted octanol–water partition coefficient (Wildman–Crippen LogP) is 1.77. The summed E-state index contributed by atoms with van der Waals surface area (Å²) in [6.07, 6.45) is -4.44. The number of carbonyl (C=O) groups excluding carboxylic acids is 1. The molecule has 126 valence electrons. The Kier molecular flexibility index (Phi) is 4.60. The van der Waals surface area contributed by atoms with E-state index in [0.717, 1.165) is 6.07 Å². The van der Waals surface area contributed by atoms with Crippen molar-refractivity contribution in [1.29, 1.82) is 0 Å². The molecule has 0 aliphatic carbocycles. The Hall–Kier alpha value is -2.16. The first-order chi connectivity index (χ1) is 10.7. The van der Waals surface area contributed by atoms with Gasteiger partial charge < -0.3 is 15.2 Å². The van der Waals surface area contributed by atoms with Crippen LogP contribution in [-0.2, 0) is 15.7 Å². The van der Waals surface area contributed by atoms with Gasteiger partial charge in [0, 0.05) is 26.1 Å². The normalized spacial score (nSPS) is 17.6. The summed E-state index contributed by atoms with van der Waals surface area (Å²) >= 11 is 0. The van der Waals surface area contributed by atoms with Crippen molar-refractivity contribution in [3.63, 3.8) is 0 Å². The van der Waals surface area contributed by atoms with Crippen LogP contribution < -0.4 is 5.32 Å². The highest BCUT2D eigenvalue weighted by atomic mass is 19.4. The molecule has 0 bridgehead atoms. The number of nitrogens with one attached hydrogen (secondary N) is 1. The van der Waals surface area contributed by atoms with Gasteiger partial charge >= 0.3 is 12.1 Å². The lowest BCUT2D eigenvalue weighted by molar-refractivity contribution is -0.148. The van der Waals surface area contributed by atoms with Gasteiger partial charge in [-0.05, 0) is 19.1 Å². The van der Waals surface area contributed by atoms with E-state index in [1.807, 2.05) is 0 Å². The lowest BCUT2D eigenvalue weighted by atomic mass is 9.89. The SMILES string of the molecule is Cc1nc(C(F)(F)F)ccc1C(=O)NC1(C(=O)O)CCOCC1. The number of aliphatic carboxylic acids is 1. The summed E-state index contributed by atoms with van der Waals surface area (Å²) in [5.41, 5.74) is -2.80. The Balaban J connectivity index is 2.25. The Bertz CT molecular complexity index is 625. The molecule has 2 N–H and O–H groups in total. The van der Waals surface area contributed by atoms with Crippen molar-refractivity contribution < 1.29 is 32.6 Å². The molecular formula is C14H15F3N2O4. The number of hydrogen-bond acceptors (Lipinski definition) is 4. The van der Waals surface area contributed by atoms with Crippen LogP contribution in [0.15, 0.2) is 12.1 Å². The summed E-state index contributed by atoms with van der Waals surface area (Å²) < 4.78 is 42.8. The zero-order chi connectivity index (χ0) is 17.3. The van der Waals surface area contributed by atoms with Gasteiger partial charge in [-0.3, -0.25) is 4.79 Å². The molecule has 1 fully saturated rings. The molecule has 2 rings (SSSR count). The molecule has 2 heterocycles. The Morgan fingerprint density at radius 3 is 2.39 bits per heavy atom. The third-order valence-corrected chi connectivity index (χ3v) is 3.73. The van der Waals surface area contributed by atoms with E-state index in [1.165, 1.54) is 6.92 Å². The topological polar surface area (TPSA) is 88.5 Å². The van der Waals surface area contributed by atoms with Crippen molar-refractivity contribution in [3.05, 3.63) is 29.1 Å². The van der Waals surface area contributed by atoms with Crippen LogP contribution in [0.3, 0.4) is 0 Å². The van der Waals surface area contributed by atoms with Gasteiger partial charge in [0.05, 0.1) is 11.3 Å². The molecule has 1 aromatic rings. The van der Waals surface area contributed by atoms with E-state index < -0.39 is 29.3 Å². The standard InChI is InChI=1S/C14H15F3N2O4/c1-8-9(2-3-10(18-8)14(15,16)17)11(20)19-13(12(21)22)4-6-23-7-5-13/h2-3H,4-7H2,1H3,(H,19,20)(H,21,22).